The van der Waals surface area contributed by atoms with Crippen LogP contribution in [0.25, 0.3) is 0 Å². The van der Waals surface area contributed by atoms with Crippen LogP contribution in [0.1, 0.15) is 12.8 Å². The number of carbonyl (C=O) groups excluding carboxylic acids is 1. The molecule has 3 aliphatic rings. The van der Waals surface area contributed by atoms with Gasteiger partial charge < -0.3 is 19.3 Å². The minimum atomic E-state index is -0.0895. The smallest absolute Gasteiger partial charge is 0.260 e. The second kappa shape index (κ2) is 6.05. The predicted molar refractivity (Wildman–Crippen MR) is 90.9 cm³/mol. The standard InChI is InChI=1S/C19H26N2O3/c1-20(2)10-15-16-11-21(13-19(16)9-8-17(15)24-19)18(22)12-23-14-6-4-3-5-7-14/h3-7,15-17H,8-13H2,1-2H3/t15-,16+,17+,19+/m0/s1. The van der Waals surface area contributed by atoms with Crippen molar-refractivity contribution in [3.63, 3.8) is 0 Å². The molecule has 1 spiro atoms. The Balaban J connectivity index is 1.39. The van der Waals surface area contributed by atoms with E-state index in [1.807, 2.05) is 35.2 Å². The zero-order valence-corrected chi connectivity index (χ0v) is 14.5. The molecule has 3 heterocycles. The molecule has 0 radical (unpaired) electrons. The van der Waals surface area contributed by atoms with Gasteiger partial charge in [0.2, 0.25) is 0 Å². The molecule has 3 aliphatic heterocycles. The summed E-state index contributed by atoms with van der Waals surface area (Å²) in [5.41, 5.74) is -0.0895. The van der Waals surface area contributed by atoms with E-state index in [0.29, 0.717) is 17.9 Å². The molecule has 4 atom stereocenters. The summed E-state index contributed by atoms with van der Waals surface area (Å²) < 4.78 is 12.0. The molecule has 24 heavy (non-hydrogen) atoms. The lowest BCUT2D eigenvalue weighted by atomic mass is 9.73. The number of para-hydroxylation sites is 1. The van der Waals surface area contributed by atoms with Crippen molar-refractivity contribution in [1.29, 1.82) is 0 Å². The number of amides is 1. The van der Waals surface area contributed by atoms with Crippen LogP contribution < -0.4 is 4.74 Å². The Kier molecular flexibility index (Phi) is 4.01. The van der Waals surface area contributed by atoms with Crippen LogP contribution >= 0.6 is 0 Å². The van der Waals surface area contributed by atoms with Crippen molar-refractivity contribution >= 4 is 5.91 Å². The van der Waals surface area contributed by atoms with E-state index in [9.17, 15) is 4.79 Å². The molecule has 0 saturated carbocycles. The molecule has 0 aliphatic carbocycles. The average molecular weight is 330 g/mol. The molecule has 1 aromatic rings. The molecule has 130 valence electrons. The number of nitrogens with zero attached hydrogens (tertiary/aromatic N) is 2. The summed E-state index contributed by atoms with van der Waals surface area (Å²) in [6, 6.07) is 9.52. The van der Waals surface area contributed by atoms with Crippen LogP contribution in [-0.4, -0.2) is 67.7 Å². The molecule has 0 N–H and O–H groups in total. The lowest BCUT2D eigenvalue weighted by Gasteiger charge is -2.30. The number of carbonyl (C=O) groups is 1. The second-order valence-corrected chi connectivity index (χ2v) is 7.67. The van der Waals surface area contributed by atoms with Crippen LogP contribution in [0.3, 0.4) is 0 Å². The highest BCUT2D eigenvalue weighted by Crippen LogP contribution is 2.54. The van der Waals surface area contributed by atoms with Crippen LogP contribution in [0.5, 0.6) is 5.75 Å². The normalized spacial score (nSPS) is 34.0. The maximum Gasteiger partial charge on any atom is 0.260 e. The van der Waals surface area contributed by atoms with E-state index in [4.69, 9.17) is 9.47 Å². The number of hydrogen-bond donors (Lipinski definition) is 0. The summed E-state index contributed by atoms with van der Waals surface area (Å²) in [7, 11) is 4.23. The van der Waals surface area contributed by atoms with Crippen LogP contribution in [0, 0.1) is 11.8 Å². The summed E-state index contributed by atoms with van der Waals surface area (Å²) >= 11 is 0. The maximum atomic E-state index is 12.6. The summed E-state index contributed by atoms with van der Waals surface area (Å²) in [6.07, 6.45) is 2.61. The third kappa shape index (κ3) is 2.70. The third-order valence-electron chi connectivity index (χ3n) is 5.82. The Morgan fingerprint density at radius 1 is 1.38 bits per heavy atom. The zero-order valence-electron chi connectivity index (χ0n) is 14.5. The fourth-order valence-corrected chi connectivity index (χ4v) is 4.80. The number of ether oxygens (including phenoxy) is 2. The fraction of sp³-hybridized carbons (Fsp3) is 0.632. The molecular weight excluding hydrogens is 304 g/mol. The summed E-state index contributed by atoms with van der Waals surface area (Å²) in [4.78, 5) is 16.8. The molecule has 5 nitrogen and oxygen atoms in total. The van der Waals surface area contributed by atoms with Crippen molar-refractivity contribution in [2.24, 2.45) is 11.8 Å². The first-order valence-electron chi connectivity index (χ1n) is 8.85. The van der Waals surface area contributed by atoms with Gasteiger partial charge in [-0.15, -0.1) is 0 Å². The Labute approximate surface area is 143 Å². The summed E-state index contributed by atoms with van der Waals surface area (Å²) in [5.74, 6) is 1.82. The molecule has 1 aromatic carbocycles. The van der Waals surface area contributed by atoms with Gasteiger partial charge in [-0.2, -0.15) is 0 Å². The molecule has 3 saturated heterocycles. The predicted octanol–water partition coefficient (Wildman–Crippen LogP) is 1.63. The van der Waals surface area contributed by atoms with Crippen molar-refractivity contribution in [2.45, 2.75) is 24.5 Å². The van der Waals surface area contributed by atoms with Crippen LogP contribution in [-0.2, 0) is 9.53 Å². The van der Waals surface area contributed by atoms with Gasteiger partial charge in [-0.3, -0.25) is 4.79 Å². The molecule has 0 unspecified atom stereocenters. The summed E-state index contributed by atoms with van der Waals surface area (Å²) in [5, 5.41) is 0. The lowest BCUT2D eigenvalue weighted by Crippen LogP contribution is -2.40. The monoisotopic (exact) mass is 330 g/mol. The quantitative estimate of drug-likeness (QED) is 0.823. The summed E-state index contributed by atoms with van der Waals surface area (Å²) in [6.45, 7) is 2.69. The minimum Gasteiger partial charge on any atom is -0.484 e. The van der Waals surface area contributed by atoms with Gasteiger partial charge in [0.15, 0.2) is 6.61 Å². The highest BCUT2D eigenvalue weighted by Gasteiger charge is 2.63. The number of rotatable bonds is 5. The molecule has 4 rings (SSSR count). The highest BCUT2D eigenvalue weighted by molar-refractivity contribution is 5.78. The number of hydrogen-bond acceptors (Lipinski definition) is 4. The van der Waals surface area contributed by atoms with Gasteiger partial charge in [-0.05, 0) is 39.1 Å². The van der Waals surface area contributed by atoms with E-state index < -0.39 is 0 Å². The van der Waals surface area contributed by atoms with Crippen LogP contribution in [0.2, 0.25) is 0 Å². The van der Waals surface area contributed by atoms with Gasteiger partial charge in [0.1, 0.15) is 5.75 Å². The molecule has 3 fully saturated rings. The third-order valence-corrected chi connectivity index (χ3v) is 5.82. The minimum absolute atomic E-state index is 0.0679. The Morgan fingerprint density at radius 2 is 2.17 bits per heavy atom. The number of likely N-dealkylation sites (tertiary alicyclic amines) is 1. The van der Waals surface area contributed by atoms with Crippen LogP contribution in [0.15, 0.2) is 30.3 Å². The Bertz CT molecular complexity index is 606. The molecule has 0 aromatic heterocycles. The van der Waals surface area contributed by atoms with Crippen molar-refractivity contribution in [1.82, 2.24) is 9.80 Å². The van der Waals surface area contributed by atoms with E-state index in [0.717, 1.165) is 38.2 Å². The first-order valence-corrected chi connectivity index (χ1v) is 8.85. The van der Waals surface area contributed by atoms with Gasteiger partial charge in [0, 0.05) is 24.9 Å². The first-order chi connectivity index (χ1) is 11.6. The van der Waals surface area contributed by atoms with Crippen molar-refractivity contribution in [3.8, 4) is 5.75 Å². The Morgan fingerprint density at radius 3 is 2.92 bits per heavy atom. The highest BCUT2D eigenvalue weighted by atomic mass is 16.5. The van der Waals surface area contributed by atoms with Gasteiger partial charge in [0.25, 0.3) is 5.91 Å². The SMILES string of the molecule is CN(C)C[C@H]1[C@H]2CN(C(=O)COc3ccccc3)C[C@]23CC[C@H]1O3. The van der Waals surface area contributed by atoms with Gasteiger partial charge >= 0.3 is 0 Å². The van der Waals surface area contributed by atoms with Gasteiger partial charge in [0.05, 0.1) is 18.2 Å². The lowest BCUT2D eigenvalue weighted by molar-refractivity contribution is -0.133. The fourth-order valence-electron chi connectivity index (χ4n) is 4.80. The largest absolute Gasteiger partial charge is 0.484 e. The molecule has 5 heteroatoms. The average Bonchev–Trinajstić information content (AvgIpc) is 3.23. The molecule has 1 amide bonds. The van der Waals surface area contributed by atoms with E-state index in [1.165, 1.54) is 0 Å². The van der Waals surface area contributed by atoms with Gasteiger partial charge in [-0.25, -0.2) is 0 Å². The van der Waals surface area contributed by atoms with E-state index >= 15 is 0 Å². The first kappa shape index (κ1) is 15.9. The van der Waals surface area contributed by atoms with Crippen molar-refractivity contribution in [2.75, 3.05) is 40.3 Å². The van der Waals surface area contributed by atoms with E-state index in [-0.39, 0.29) is 18.1 Å². The second-order valence-electron chi connectivity index (χ2n) is 7.67. The van der Waals surface area contributed by atoms with E-state index in [2.05, 4.69) is 19.0 Å². The van der Waals surface area contributed by atoms with Gasteiger partial charge in [-0.1, -0.05) is 18.2 Å². The molecule has 2 bridgehead atoms. The zero-order chi connectivity index (χ0) is 16.7. The van der Waals surface area contributed by atoms with Crippen molar-refractivity contribution in [3.05, 3.63) is 30.3 Å². The van der Waals surface area contributed by atoms with Crippen molar-refractivity contribution < 1.29 is 14.3 Å². The topological polar surface area (TPSA) is 42.0 Å². The van der Waals surface area contributed by atoms with E-state index in [1.54, 1.807) is 0 Å². The Hall–Kier alpha value is -1.59. The van der Waals surface area contributed by atoms with Crippen LogP contribution in [0.4, 0.5) is 0 Å². The number of fused-ring (bicyclic) bond motifs is 1. The molecular formula is C19H26N2O3. The number of benzene rings is 1. The maximum absolute atomic E-state index is 12.6.